The van der Waals surface area contributed by atoms with Crippen LogP contribution in [0.2, 0.25) is 0 Å². The van der Waals surface area contributed by atoms with Gasteiger partial charge in [-0.1, -0.05) is 6.07 Å². The summed E-state index contributed by atoms with van der Waals surface area (Å²) < 4.78 is 25.7. The van der Waals surface area contributed by atoms with E-state index in [0.717, 1.165) is 12.1 Å². The summed E-state index contributed by atoms with van der Waals surface area (Å²) in [4.78, 5) is 2.12. The highest BCUT2D eigenvalue weighted by Crippen LogP contribution is 2.13. The van der Waals surface area contributed by atoms with Crippen LogP contribution in [-0.2, 0) is 6.42 Å². The molecule has 0 aliphatic carbocycles. The van der Waals surface area contributed by atoms with Crippen molar-refractivity contribution in [2.24, 2.45) is 5.73 Å². The van der Waals surface area contributed by atoms with Gasteiger partial charge in [-0.25, -0.2) is 8.78 Å². The Bertz CT molecular complexity index is 378. The van der Waals surface area contributed by atoms with Gasteiger partial charge in [-0.3, -0.25) is 4.90 Å². The maximum Gasteiger partial charge on any atom is 0.159 e. The molecule has 0 atom stereocenters. The Hall–Kier alpha value is -1.00. The van der Waals surface area contributed by atoms with E-state index in [1.165, 1.54) is 12.1 Å². The second-order valence-electron chi connectivity index (χ2n) is 4.94. The minimum absolute atomic E-state index is 0.0847. The Morgan fingerprint density at radius 1 is 1.24 bits per heavy atom. The third-order valence-corrected chi connectivity index (χ3v) is 3.25. The smallest absolute Gasteiger partial charge is 0.159 e. The number of hydrogen-bond acceptors (Lipinski definition) is 2. The van der Waals surface area contributed by atoms with Gasteiger partial charge in [0.2, 0.25) is 0 Å². The highest BCUT2D eigenvalue weighted by atomic mass is 19.2. The molecular weight excluding hydrogens is 222 g/mol. The number of hydrogen-bond donors (Lipinski definition) is 1. The molecule has 0 aliphatic rings. The van der Waals surface area contributed by atoms with Gasteiger partial charge in [0, 0.05) is 18.6 Å². The zero-order chi connectivity index (χ0) is 13.1. The Kier molecular flexibility index (Phi) is 4.60. The van der Waals surface area contributed by atoms with Crippen LogP contribution in [0.25, 0.3) is 0 Å². The molecule has 1 rings (SSSR count). The normalized spacial score (nSPS) is 12.2. The Labute approximate surface area is 101 Å². The number of rotatable bonds is 5. The molecule has 0 amide bonds. The van der Waals surface area contributed by atoms with E-state index >= 15 is 0 Å². The summed E-state index contributed by atoms with van der Waals surface area (Å²) in [6.45, 7) is 5.42. The first-order chi connectivity index (χ1) is 7.86. The molecule has 0 unspecified atom stereocenters. The maximum absolute atomic E-state index is 13.0. The summed E-state index contributed by atoms with van der Waals surface area (Å²) in [5.41, 5.74) is 6.38. The van der Waals surface area contributed by atoms with Gasteiger partial charge in [0.1, 0.15) is 0 Å². The molecule has 0 saturated heterocycles. The van der Waals surface area contributed by atoms with Gasteiger partial charge in [0.15, 0.2) is 11.6 Å². The first-order valence-corrected chi connectivity index (χ1v) is 5.72. The number of nitrogens with zero attached hydrogens (tertiary/aromatic N) is 1. The Balaban J connectivity index is 2.59. The van der Waals surface area contributed by atoms with Crippen LogP contribution < -0.4 is 5.73 Å². The van der Waals surface area contributed by atoms with E-state index in [4.69, 9.17) is 5.73 Å². The van der Waals surface area contributed by atoms with E-state index in [9.17, 15) is 8.78 Å². The molecule has 2 nitrogen and oxygen atoms in total. The summed E-state index contributed by atoms with van der Waals surface area (Å²) in [5.74, 6) is -1.59. The van der Waals surface area contributed by atoms with E-state index in [1.807, 2.05) is 7.05 Å². The Morgan fingerprint density at radius 2 is 1.88 bits per heavy atom. The van der Waals surface area contributed by atoms with Crippen molar-refractivity contribution < 1.29 is 8.78 Å². The van der Waals surface area contributed by atoms with E-state index in [1.54, 1.807) is 6.07 Å². The highest BCUT2D eigenvalue weighted by molar-refractivity contribution is 5.18. The molecule has 4 heteroatoms. The largest absolute Gasteiger partial charge is 0.329 e. The molecule has 96 valence electrons. The molecule has 1 aromatic rings. The van der Waals surface area contributed by atoms with Crippen molar-refractivity contribution in [2.75, 3.05) is 20.1 Å². The summed E-state index contributed by atoms with van der Waals surface area (Å²) >= 11 is 0. The van der Waals surface area contributed by atoms with Gasteiger partial charge in [-0.15, -0.1) is 0 Å². The van der Waals surface area contributed by atoms with Crippen molar-refractivity contribution in [3.63, 3.8) is 0 Å². The fourth-order valence-corrected chi connectivity index (χ4v) is 1.45. The fourth-order valence-electron chi connectivity index (χ4n) is 1.45. The molecule has 0 radical (unpaired) electrons. The molecule has 1 aromatic carbocycles. The van der Waals surface area contributed by atoms with E-state index in [0.29, 0.717) is 13.0 Å². The molecule has 0 heterocycles. The van der Waals surface area contributed by atoms with Gasteiger partial charge < -0.3 is 5.73 Å². The number of likely N-dealkylation sites (N-methyl/N-ethyl adjacent to an activating group) is 1. The van der Waals surface area contributed by atoms with Crippen LogP contribution in [0.1, 0.15) is 19.4 Å². The minimum Gasteiger partial charge on any atom is -0.329 e. The monoisotopic (exact) mass is 242 g/mol. The van der Waals surface area contributed by atoms with Crippen molar-refractivity contribution in [2.45, 2.75) is 25.8 Å². The number of benzene rings is 1. The van der Waals surface area contributed by atoms with Gasteiger partial charge >= 0.3 is 0 Å². The van der Waals surface area contributed by atoms with Crippen molar-refractivity contribution in [1.82, 2.24) is 4.90 Å². The maximum atomic E-state index is 13.0. The number of nitrogens with two attached hydrogens (primary N) is 1. The van der Waals surface area contributed by atoms with Crippen LogP contribution >= 0.6 is 0 Å². The van der Waals surface area contributed by atoms with E-state index in [-0.39, 0.29) is 5.54 Å². The first kappa shape index (κ1) is 14.1. The number of halogens is 2. The lowest BCUT2D eigenvalue weighted by molar-refractivity contribution is 0.166. The third-order valence-electron chi connectivity index (χ3n) is 3.25. The van der Waals surface area contributed by atoms with Crippen LogP contribution in [0.4, 0.5) is 8.78 Å². The zero-order valence-electron chi connectivity index (χ0n) is 10.6. The van der Waals surface area contributed by atoms with Gasteiger partial charge in [-0.05, 0) is 45.0 Å². The van der Waals surface area contributed by atoms with E-state index in [2.05, 4.69) is 18.7 Å². The van der Waals surface area contributed by atoms with Crippen molar-refractivity contribution in [3.05, 3.63) is 35.4 Å². The molecule has 0 spiro atoms. The molecule has 0 aliphatic heterocycles. The lowest BCUT2D eigenvalue weighted by Crippen LogP contribution is -2.47. The van der Waals surface area contributed by atoms with Crippen LogP contribution in [0, 0.1) is 11.6 Å². The standard InChI is InChI=1S/C13H20F2N2/c1-13(2,9-16)17(3)7-6-10-4-5-11(14)12(15)8-10/h4-5,8H,6-7,9,16H2,1-3H3. The highest BCUT2D eigenvalue weighted by Gasteiger charge is 2.20. The quantitative estimate of drug-likeness (QED) is 0.857. The SMILES string of the molecule is CN(CCc1ccc(F)c(F)c1)C(C)(C)CN. The third kappa shape index (κ3) is 3.75. The summed E-state index contributed by atoms with van der Waals surface area (Å²) in [5, 5.41) is 0. The fraction of sp³-hybridized carbons (Fsp3) is 0.538. The van der Waals surface area contributed by atoms with Crippen molar-refractivity contribution in [1.29, 1.82) is 0 Å². The van der Waals surface area contributed by atoms with Gasteiger partial charge in [0.25, 0.3) is 0 Å². The predicted octanol–water partition coefficient (Wildman–Crippen LogP) is 2.18. The second-order valence-corrected chi connectivity index (χ2v) is 4.94. The summed E-state index contributed by atoms with van der Waals surface area (Å²) in [6, 6.07) is 4.03. The summed E-state index contributed by atoms with van der Waals surface area (Å²) in [7, 11) is 1.98. The molecular formula is C13H20F2N2. The minimum atomic E-state index is -0.801. The van der Waals surface area contributed by atoms with Crippen LogP contribution in [0.5, 0.6) is 0 Å². The first-order valence-electron chi connectivity index (χ1n) is 5.72. The molecule has 0 fully saturated rings. The molecule has 17 heavy (non-hydrogen) atoms. The lowest BCUT2D eigenvalue weighted by Gasteiger charge is -2.34. The lowest BCUT2D eigenvalue weighted by atomic mass is 10.0. The predicted molar refractivity (Wildman–Crippen MR) is 65.8 cm³/mol. The summed E-state index contributed by atoms with van der Waals surface area (Å²) in [6.07, 6.45) is 0.678. The topological polar surface area (TPSA) is 29.3 Å². The molecule has 0 aromatic heterocycles. The van der Waals surface area contributed by atoms with Crippen LogP contribution in [0.3, 0.4) is 0 Å². The molecule has 0 bridgehead atoms. The van der Waals surface area contributed by atoms with E-state index < -0.39 is 11.6 Å². The van der Waals surface area contributed by atoms with Crippen LogP contribution in [-0.4, -0.2) is 30.6 Å². The van der Waals surface area contributed by atoms with Crippen molar-refractivity contribution in [3.8, 4) is 0 Å². The molecule has 2 N–H and O–H groups in total. The second kappa shape index (κ2) is 5.56. The average molecular weight is 242 g/mol. The van der Waals surface area contributed by atoms with Crippen molar-refractivity contribution >= 4 is 0 Å². The van der Waals surface area contributed by atoms with Crippen LogP contribution in [0.15, 0.2) is 18.2 Å². The average Bonchev–Trinajstić information content (AvgIpc) is 2.30. The van der Waals surface area contributed by atoms with Gasteiger partial charge in [0.05, 0.1) is 0 Å². The Morgan fingerprint density at radius 3 is 2.41 bits per heavy atom. The van der Waals surface area contributed by atoms with Gasteiger partial charge in [-0.2, -0.15) is 0 Å². The molecule has 0 saturated carbocycles. The zero-order valence-corrected chi connectivity index (χ0v) is 10.6.